The molecule has 5 heteroatoms. The molecule has 112 valence electrons. The Morgan fingerprint density at radius 2 is 2.20 bits per heavy atom. The van der Waals surface area contributed by atoms with Crippen LogP contribution >= 0.6 is 11.3 Å². The van der Waals surface area contributed by atoms with Crippen molar-refractivity contribution < 1.29 is 9.90 Å². The van der Waals surface area contributed by atoms with Crippen molar-refractivity contribution in [2.24, 2.45) is 0 Å². The van der Waals surface area contributed by atoms with Gasteiger partial charge in [0.15, 0.2) is 0 Å². The Labute approximate surface area is 124 Å². The smallest absolute Gasteiger partial charge is 0.223 e. The van der Waals surface area contributed by atoms with Crippen LogP contribution < -0.4 is 5.32 Å². The zero-order chi connectivity index (χ0) is 14.6. The minimum atomic E-state index is -0.806. The van der Waals surface area contributed by atoms with E-state index in [1.165, 1.54) is 0 Å². The van der Waals surface area contributed by atoms with Gasteiger partial charge in [0.25, 0.3) is 0 Å². The van der Waals surface area contributed by atoms with Crippen molar-refractivity contribution in [2.75, 3.05) is 0 Å². The number of hydrogen-bond donors (Lipinski definition) is 2. The van der Waals surface area contributed by atoms with Crippen molar-refractivity contribution in [3.8, 4) is 0 Å². The number of aliphatic hydroxyl groups is 1. The Balaban J connectivity index is 1.99. The Bertz CT molecular complexity index is 441. The molecule has 1 aromatic heterocycles. The molecule has 1 amide bonds. The second kappa shape index (κ2) is 6.22. The van der Waals surface area contributed by atoms with E-state index in [2.05, 4.69) is 10.3 Å². The average molecular weight is 296 g/mol. The first-order valence-corrected chi connectivity index (χ1v) is 8.29. The molecule has 1 aliphatic rings. The van der Waals surface area contributed by atoms with Crippen LogP contribution in [0.2, 0.25) is 0 Å². The number of thiazole rings is 1. The predicted molar refractivity (Wildman–Crippen MR) is 80.6 cm³/mol. The zero-order valence-electron chi connectivity index (χ0n) is 12.3. The average Bonchev–Trinajstić information content (AvgIpc) is 2.93. The van der Waals surface area contributed by atoms with E-state index in [9.17, 15) is 9.90 Å². The largest absolute Gasteiger partial charge is 0.389 e. The van der Waals surface area contributed by atoms with Gasteiger partial charge in [0.05, 0.1) is 17.6 Å². The molecule has 1 atom stereocenters. The lowest BCUT2D eigenvalue weighted by atomic mass is 9.82. The van der Waals surface area contributed by atoms with Gasteiger partial charge in [-0.05, 0) is 26.2 Å². The number of carbonyl (C=O) groups excluding carboxylic acids is 1. The molecule has 0 aromatic carbocycles. The predicted octanol–water partition coefficient (Wildman–Crippen LogP) is 2.97. The van der Waals surface area contributed by atoms with Crippen LogP contribution in [0.3, 0.4) is 0 Å². The summed E-state index contributed by atoms with van der Waals surface area (Å²) in [5, 5.41) is 16.4. The van der Waals surface area contributed by atoms with Crippen molar-refractivity contribution >= 4 is 17.2 Å². The molecule has 1 aliphatic carbocycles. The number of hydrogen-bond acceptors (Lipinski definition) is 4. The van der Waals surface area contributed by atoms with Gasteiger partial charge in [0.1, 0.15) is 5.01 Å². The summed E-state index contributed by atoms with van der Waals surface area (Å²) in [6.07, 6.45) is 7.41. The van der Waals surface area contributed by atoms with Gasteiger partial charge in [-0.1, -0.05) is 26.2 Å². The quantitative estimate of drug-likeness (QED) is 0.878. The van der Waals surface area contributed by atoms with Gasteiger partial charge < -0.3 is 10.4 Å². The number of nitrogens with zero attached hydrogens (tertiary/aromatic N) is 1. The molecule has 1 saturated carbocycles. The summed E-state index contributed by atoms with van der Waals surface area (Å²) in [6.45, 7) is 4.03. The Morgan fingerprint density at radius 1 is 1.50 bits per heavy atom. The van der Waals surface area contributed by atoms with Crippen molar-refractivity contribution in [3.63, 3.8) is 0 Å². The van der Waals surface area contributed by atoms with Crippen LogP contribution in [-0.2, 0) is 10.3 Å². The van der Waals surface area contributed by atoms with E-state index in [-0.39, 0.29) is 12.3 Å². The molecule has 0 aliphatic heterocycles. The molecule has 4 nitrogen and oxygen atoms in total. The summed E-state index contributed by atoms with van der Waals surface area (Å²) in [5.74, 6) is -0.0750. The van der Waals surface area contributed by atoms with Crippen molar-refractivity contribution in [3.05, 3.63) is 16.6 Å². The number of aromatic nitrogens is 1. The first-order valence-electron chi connectivity index (χ1n) is 7.41. The molecule has 1 fully saturated rings. The summed E-state index contributed by atoms with van der Waals surface area (Å²) in [4.78, 5) is 16.6. The molecule has 1 unspecified atom stereocenters. The molecule has 0 spiro atoms. The maximum absolute atomic E-state index is 12.3. The first-order chi connectivity index (χ1) is 9.47. The summed E-state index contributed by atoms with van der Waals surface area (Å²) in [5.41, 5.74) is -1.24. The van der Waals surface area contributed by atoms with E-state index >= 15 is 0 Å². The molecular weight excluding hydrogens is 272 g/mol. The molecule has 20 heavy (non-hydrogen) atoms. The van der Waals surface area contributed by atoms with Crippen LogP contribution in [0.25, 0.3) is 0 Å². The maximum Gasteiger partial charge on any atom is 0.223 e. The summed E-state index contributed by atoms with van der Waals surface area (Å²) < 4.78 is 0. The monoisotopic (exact) mass is 296 g/mol. The molecule has 2 N–H and O–H groups in total. The summed E-state index contributed by atoms with van der Waals surface area (Å²) in [7, 11) is 0. The highest BCUT2D eigenvalue weighted by atomic mass is 32.1. The number of amides is 1. The van der Waals surface area contributed by atoms with Gasteiger partial charge in [-0.25, -0.2) is 4.98 Å². The van der Waals surface area contributed by atoms with Gasteiger partial charge in [0, 0.05) is 11.6 Å². The zero-order valence-corrected chi connectivity index (χ0v) is 13.1. The van der Waals surface area contributed by atoms with E-state index in [0.717, 1.165) is 43.5 Å². The van der Waals surface area contributed by atoms with Gasteiger partial charge in [-0.15, -0.1) is 11.3 Å². The second-order valence-corrected chi connectivity index (χ2v) is 6.93. The molecule has 0 bridgehead atoms. The molecule has 0 radical (unpaired) electrons. The highest BCUT2D eigenvalue weighted by Gasteiger charge is 2.35. The van der Waals surface area contributed by atoms with Crippen molar-refractivity contribution in [2.45, 2.75) is 69.9 Å². The maximum atomic E-state index is 12.3. The fraction of sp³-hybridized carbons (Fsp3) is 0.733. The third-order valence-electron chi connectivity index (χ3n) is 4.30. The van der Waals surface area contributed by atoms with Gasteiger partial charge in [-0.2, -0.15) is 0 Å². The number of nitrogens with one attached hydrogen (secondary N) is 1. The number of rotatable bonds is 5. The molecule has 1 heterocycles. The molecule has 1 aromatic rings. The van der Waals surface area contributed by atoms with Crippen LogP contribution in [0.15, 0.2) is 11.6 Å². The van der Waals surface area contributed by atoms with Crippen molar-refractivity contribution in [1.29, 1.82) is 0 Å². The summed E-state index contributed by atoms with van der Waals surface area (Å²) in [6, 6.07) is 0. The fourth-order valence-electron chi connectivity index (χ4n) is 2.83. The Kier molecular flexibility index (Phi) is 4.81. The minimum absolute atomic E-state index is 0.0750. The van der Waals surface area contributed by atoms with E-state index in [4.69, 9.17) is 0 Å². The lowest BCUT2D eigenvalue weighted by molar-refractivity contribution is -0.129. The van der Waals surface area contributed by atoms with E-state index in [1.54, 1.807) is 17.5 Å². The SMILES string of the molecule is CCC(C)(NC(=O)CC1(O)CCCCC1)c1nccs1. The van der Waals surface area contributed by atoms with Gasteiger partial charge >= 0.3 is 0 Å². The van der Waals surface area contributed by atoms with Crippen LogP contribution in [0.1, 0.15) is 63.8 Å². The standard InChI is InChI=1S/C15H24N2O2S/c1-3-14(2,13-16-9-10-20-13)17-12(18)11-15(19)7-5-4-6-8-15/h9-10,19H,3-8,11H2,1-2H3,(H,17,18). The van der Waals surface area contributed by atoms with Crippen LogP contribution in [-0.4, -0.2) is 21.6 Å². The molecular formula is C15H24N2O2S. The Hall–Kier alpha value is -0.940. The highest BCUT2D eigenvalue weighted by Crippen LogP contribution is 2.32. The van der Waals surface area contributed by atoms with E-state index < -0.39 is 11.1 Å². The van der Waals surface area contributed by atoms with Crippen LogP contribution in [0.4, 0.5) is 0 Å². The van der Waals surface area contributed by atoms with E-state index in [0.29, 0.717) is 0 Å². The molecule has 2 rings (SSSR count). The Morgan fingerprint density at radius 3 is 2.75 bits per heavy atom. The topological polar surface area (TPSA) is 62.2 Å². The lowest BCUT2D eigenvalue weighted by Gasteiger charge is -2.34. The van der Waals surface area contributed by atoms with Crippen LogP contribution in [0.5, 0.6) is 0 Å². The number of carbonyl (C=O) groups is 1. The third kappa shape index (κ3) is 3.58. The second-order valence-electron chi connectivity index (χ2n) is 6.03. The summed E-state index contributed by atoms with van der Waals surface area (Å²) >= 11 is 1.55. The fourth-order valence-corrected chi connectivity index (χ4v) is 3.65. The van der Waals surface area contributed by atoms with Crippen molar-refractivity contribution in [1.82, 2.24) is 10.3 Å². The van der Waals surface area contributed by atoms with Gasteiger partial charge in [-0.3, -0.25) is 4.79 Å². The minimum Gasteiger partial charge on any atom is -0.389 e. The highest BCUT2D eigenvalue weighted by molar-refractivity contribution is 7.09. The lowest BCUT2D eigenvalue weighted by Crippen LogP contribution is -2.46. The van der Waals surface area contributed by atoms with E-state index in [1.807, 2.05) is 19.2 Å². The van der Waals surface area contributed by atoms with Crippen LogP contribution in [0, 0.1) is 0 Å². The van der Waals surface area contributed by atoms with Gasteiger partial charge in [0.2, 0.25) is 5.91 Å². The first kappa shape index (κ1) is 15.4. The molecule has 0 saturated heterocycles. The normalized spacial score (nSPS) is 21.1. The third-order valence-corrected chi connectivity index (χ3v) is 5.34.